The van der Waals surface area contributed by atoms with Gasteiger partial charge in [0.2, 0.25) is 0 Å². The van der Waals surface area contributed by atoms with Gasteiger partial charge in [-0.1, -0.05) is 33.3 Å². The van der Waals surface area contributed by atoms with Gasteiger partial charge in [-0.2, -0.15) is 0 Å². The van der Waals surface area contributed by atoms with Gasteiger partial charge in [0.25, 0.3) is 0 Å². The van der Waals surface area contributed by atoms with Crippen molar-refractivity contribution in [2.45, 2.75) is 25.4 Å². The zero-order valence-electron chi connectivity index (χ0n) is 11.5. The summed E-state index contributed by atoms with van der Waals surface area (Å²) in [7, 11) is 0. The Balaban J connectivity index is 1.61. The Bertz CT molecular complexity index is 792. The Kier molecular flexibility index (Phi) is 3.24. The molecular formula is C16H15BrN4. The zero-order valence-corrected chi connectivity index (χ0v) is 13.0. The molecule has 0 aliphatic heterocycles. The number of hydrogen-bond donors (Lipinski definition) is 1. The zero-order chi connectivity index (χ0) is 14.2. The van der Waals surface area contributed by atoms with Crippen molar-refractivity contribution in [2.75, 3.05) is 0 Å². The third kappa shape index (κ3) is 2.84. The van der Waals surface area contributed by atoms with E-state index in [1.807, 2.05) is 10.9 Å². The topological polar surface area (TPSA) is 42.7 Å². The van der Waals surface area contributed by atoms with E-state index in [-0.39, 0.29) is 0 Å². The minimum atomic E-state index is 0.689. The molecule has 1 fully saturated rings. The molecule has 4 nitrogen and oxygen atoms in total. The highest BCUT2D eigenvalue weighted by atomic mass is 79.9. The molecule has 5 heteroatoms. The van der Waals surface area contributed by atoms with Crippen molar-refractivity contribution >= 4 is 26.7 Å². The van der Waals surface area contributed by atoms with E-state index in [1.54, 1.807) is 0 Å². The second kappa shape index (κ2) is 5.24. The second-order valence-electron chi connectivity index (χ2n) is 5.49. The Hall–Kier alpha value is -1.72. The van der Waals surface area contributed by atoms with Crippen molar-refractivity contribution in [3.63, 3.8) is 0 Å². The molecule has 0 spiro atoms. The number of rotatable bonds is 4. The predicted molar refractivity (Wildman–Crippen MR) is 86.4 cm³/mol. The third-order valence-corrected chi connectivity index (χ3v) is 4.23. The predicted octanol–water partition coefficient (Wildman–Crippen LogP) is 3.44. The lowest BCUT2D eigenvalue weighted by atomic mass is 10.1. The van der Waals surface area contributed by atoms with Crippen LogP contribution in [-0.2, 0) is 6.54 Å². The van der Waals surface area contributed by atoms with Crippen LogP contribution in [0.15, 0.2) is 47.1 Å². The molecule has 0 radical (unpaired) electrons. The lowest BCUT2D eigenvalue weighted by Crippen LogP contribution is -2.15. The van der Waals surface area contributed by atoms with Gasteiger partial charge in [-0.15, -0.1) is 5.10 Å². The molecule has 4 rings (SSSR count). The summed E-state index contributed by atoms with van der Waals surface area (Å²) in [5.41, 5.74) is 2.02. The van der Waals surface area contributed by atoms with E-state index >= 15 is 0 Å². The summed E-state index contributed by atoms with van der Waals surface area (Å²) in [6.07, 6.45) is 4.57. The molecule has 0 bridgehead atoms. The smallest absolute Gasteiger partial charge is 0.0969 e. The maximum Gasteiger partial charge on any atom is 0.0969 e. The molecule has 0 saturated heterocycles. The first kappa shape index (κ1) is 13.0. The highest BCUT2D eigenvalue weighted by Crippen LogP contribution is 2.22. The maximum atomic E-state index is 4.23. The number of nitrogens with zero attached hydrogens (tertiary/aromatic N) is 3. The normalized spacial score (nSPS) is 14.7. The Morgan fingerprint density at radius 1 is 1.14 bits per heavy atom. The summed E-state index contributed by atoms with van der Waals surface area (Å²) < 4.78 is 2.93. The summed E-state index contributed by atoms with van der Waals surface area (Å²) in [5, 5.41) is 14.3. The van der Waals surface area contributed by atoms with Gasteiger partial charge in [-0.25, -0.2) is 4.68 Å². The molecule has 3 aromatic rings. The summed E-state index contributed by atoms with van der Waals surface area (Å²) in [5.74, 6) is 0. The molecular weight excluding hydrogens is 328 g/mol. The number of aromatic nitrogens is 3. The summed E-state index contributed by atoms with van der Waals surface area (Å²) in [4.78, 5) is 0. The number of halogens is 1. The molecule has 0 amide bonds. The van der Waals surface area contributed by atoms with Crippen LogP contribution in [0.2, 0.25) is 0 Å². The van der Waals surface area contributed by atoms with Crippen LogP contribution in [0.4, 0.5) is 0 Å². The molecule has 1 heterocycles. The van der Waals surface area contributed by atoms with Crippen LogP contribution < -0.4 is 5.32 Å². The van der Waals surface area contributed by atoms with Crippen LogP contribution in [0.5, 0.6) is 0 Å². The standard InChI is InChI=1S/C16H15BrN4/c17-13-3-1-12-8-16(6-2-11(12)7-13)21-10-15(19-20-21)9-18-14-4-5-14/h1-3,6-8,10,14,18H,4-5,9H2. The van der Waals surface area contributed by atoms with Crippen molar-refractivity contribution in [1.82, 2.24) is 20.3 Å². The molecule has 0 unspecified atom stereocenters. The van der Waals surface area contributed by atoms with Crippen LogP contribution in [0, 0.1) is 0 Å². The van der Waals surface area contributed by atoms with Crippen LogP contribution in [0.25, 0.3) is 16.5 Å². The molecule has 2 aromatic carbocycles. The van der Waals surface area contributed by atoms with Crippen molar-refractivity contribution in [3.8, 4) is 5.69 Å². The molecule has 1 aliphatic carbocycles. The van der Waals surface area contributed by atoms with E-state index in [4.69, 9.17) is 0 Å². The fourth-order valence-corrected chi connectivity index (χ4v) is 2.77. The first-order valence-electron chi connectivity index (χ1n) is 7.12. The summed E-state index contributed by atoms with van der Waals surface area (Å²) >= 11 is 3.50. The van der Waals surface area contributed by atoms with Crippen LogP contribution in [0.3, 0.4) is 0 Å². The van der Waals surface area contributed by atoms with Crippen molar-refractivity contribution < 1.29 is 0 Å². The van der Waals surface area contributed by atoms with Crippen LogP contribution >= 0.6 is 15.9 Å². The lowest BCUT2D eigenvalue weighted by molar-refractivity contribution is 0.671. The van der Waals surface area contributed by atoms with E-state index in [9.17, 15) is 0 Å². The Morgan fingerprint density at radius 3 is 2.81 bits per heavy atom. The monoisotopic (exact) mass is 342 g/mol. The SMILES string of the molecule is Brc1ccc2cc(-n3cc(CNC4CC4)nn3)ccc2c1. The molecule has 1 N–H and O–H groups in total. The van der Waals surface area contributed by atoms with Gasteiger partial charge in [-0.3, -0.25) is 0 Å². The molecule has 21 heavy (non-hydrogen) atoms. The largest absolute Gasteiger partial charge is 0.308 e. The van der Waals surface area contributed by atoms with Crippen molar-refractivity contribution in [3.05, 3.63) is 52.8 Å². The van der Waals surface area contributed by atoms with Crippen LogP contribution in [0.1, 0.15) is 18.5 Å². The number of nitrogens with one attached hydrogen (secondary N) is 1. The first-order valence-corrected chi connectivity index (χ1v) is 7.91. The lowest BCUT2D eigenvalue weighted by Gasteiger charge is -2.03. The van der Waals surface area contributed by atoms with Gasteiger partial charge in [-0.05, 0) is 47.9 Å². The Labute approximate surface area is 131 Å². The first-order chi connectivity index (χ1) is 10.3. The van der Waals surface area contributed by atoms with Gasteiger partial charge in [0.1, 0.15) is 0 Å². The average Bonchev–Trinajstić information content (AvgIpc) is 3.21. The highest BCUT2D eigenvalue weighted by molar-refractivity contribution is 9.10. The fourth-order valence-electron chi connectivity index (χ4n) is 2.39. The maximum absolute atomic E-state index is 4.23. The van der Waals surface area contributed by atoms with Gasteiger partial charge in [0.05, 0.1) is 17.6 Å². The van der Waals surface area contributed by atoms with Crippen LogP contribution in [-0.4, -0.2) is 21.0 Å². The average molecular weight is 343 g/mol. The summed E-state index contributed by atoms with van der Waals surface area (Å²) in [6, 6.07) is 13.3. The molecule has 106 valence electrons. The summed E-state index contributed by atoms with van der Waals surface area (Å²) in [6.45, 7) is 0.797. The third-order valence-electron chi connectivity index (χ3n) is 3.74. The minimum Gasteiger partial charge on any atom is -0.308 e. The molecule has 1 aliphatic rings. The number of hydrogen-bond acceptors (Lipinski definition) is 3. The highest BCUT2D eigenvalue weighted by Gasteiger charge is 2.20. The van der Waals surface area contributed by atoms with E-state index in [0.717, 1.165) is 22.4 Å². The van der Waals surface area contributed by atoms with E-state index in [1.165, 1.54) is 23.6 Å². The fraction of sp³-hybridized carbons (Fsp3) is 0.250. The number of benzene rings is 2. The van der Waals surface area contributed by atoms with Crippen molar-refractivity contribution in [1.29, 1.82) is 0 Å². The number of fused-ring (bicyclic) bond motifs is 1. The molecule has 0 atom stereocenters. The molecule has 1 aromatic heterocycles. The molecule has 1 saturated carbocycles. The van der Waals surface area contributed by atoms with Gasteiger partial charge >= 0.3 is 0 Å². The van der Waals surface area contributed by atoms with E-state index < -0.39 is 0 Å². The van der Waals surface area contributed by atoms with Gasteiger partial charge in [0, 0.05) is 17.1 Å². The Morgan fingerprint density at radius 2 is 1.95 bits per heavy atom. The quantitative estimate of drug-likeness (QED) is 0.789. The van der Waals surface area contributed by atoms with E-state index in [0.29, 0.717) is 6.04 Å². The van der Waals surface area contributed by atoms with Crippen molar-refractivity contribution in [2.24, 2.45) is 0 Å². The second-order valence-corrected chi connectivity index (χ2v) is 6.40. The van der Waals surface area contributed by atoms with Gasteiger partial charge in [0.15, 0.2) is 0 Å². The van der Waals surface area contributed by atoms with E-state index in [2.05, 4.69) is 68.0 Å². The van der Waals surface area contributed by atoms with Gasteiger partial charge < -0.3 is 5.32 Å². The minimum absolute atomic E-state index is 0.689.